The summed E-state index contributed by atoms with van der Waals surface area (Å²) in [5.41, 5.74) is 2.05. The molecule has 190 valence electrons. The molecule has 2 aromatic heterocycles. The molecule has 1 aliphatic heterocycles. The van der Waals surface area contributed by atoms with Gasteiger partial charge in [-0.1, -0.05) is 49.3 Å². The third-order valence-corrected chi connectivity index (χ3v) is 6.86. The van der Waals surface area contributed by atoms with Gasteiger partial charge in [0.25, 0.3) is 5.71 Å². The molecule has 0 atom stereocenters. The molecule has 1 saturated carbocycles. The number of nitrogens with zero attached hydrogens (tertiary/aromatic N) is 5. The first-order valence-electron chi connectivity index (χ1n) is 13.1. The fourth-order valence-electron chi connectivity index (χ4n) is 4.82. The van der Waals surface area contributed by atoms with E-state index in [0.717, 1.165) is 47.6 Å². The van der Waals surface area contributed by atoms with Crippen LogP contribution < -0.4 is 9.64 Å². The molecule has 1 saturated heterocycles. The molecule has 1 aliphatic carbocycles. The molecule has 4 aromatic rings. The fraction of sp³-hybridized carbons (Fsp3) is 0.379. The monoisotopic (exact) mass is 497 g/mol. The molecule has 2 aromatic carbocycles. The summed E-state index contributed by atoms with van der Waals surface area (Å²) in [5.74, 6) is 4.01. The molecule has 8 nitrogen and oxygen atoms in total. The van der Waals surface area contributed by atoms with Gasteiger partial charge in [-0.2, -0.15) is 4.98 Å². The molecule has 2 fully saturated rings. The van der Waals surface area contributed by atoms with Gasteiger partial charge in [0.15, 0.2) is 0 Å². The van der Waals surface area contributed by atoms with Crippen molar-refractivity contribution in [3.63, 3.8) is 0 Å². The van der Waals surface area contributed by atoms with Gasteiger partial charge in [-0.3, -0.25) is 4.79 Å². The Morgan fingerprint density at radius 2 is 1.76 bits per heavy atom. The first kappa shape index (κ1) is 23.5. The van der Waals surface area contributed by atoms with E-state index in [-0.39, 0.29) is 5.92 Å². The first-order chi connectivity index (χ1) is 18.0. The third kappa shape index (κ3) is 5.01. The van der Waals surface area contributed by atoms with Crippen LogP contribution in [-0.2, 0) is 11.2 Å². The lowest BCUT2D eigenvalue weighted by Crippen LogP contribution is -2.49. The molecule has 0 N–H and O–H groups in total. The summed E-state index contributed by atoms with van der Waals surface area (Å²) in [6.07, 6.45) is 2.81. The zero-order valence-electron chi connectivity index (χ0n) is 21.3. The Morgan fingerprint density at radius 1 is 1.00 bits per heavy atom. The van der Waals surface area contributed by atoms with Gasteiger partial charge >= 0.3 is 0 Å². The van der Waals surface area contributed by atoms with Crippen LogP contribution in [0, 0.1) is 11.8 Å². The number of aromatic nitrogens is 3. The number of hydrogen-bond acceptors (Lipinski definition) is 7. The average Bonchev–Trinajstić information content (AvgIpc) is 3.67. The predicted molar refractivity (Wildman–Crippen MR) is 142 cm³/mol. The maximum Gasteiger partial charge on any atom is 0.263 e. The molecule has 8 heteroatoms. The quantitative estimate of drug-likeness (QED) is 0.341. The van der Waals surface area contributed by atoms with Gasteiger partial charge in [0, 0.05) is 44.1 Å². The minimum atomic E-state index is 0.241. The number of para-hydroxylation sites is 1. The normalized spacial score (nSPS) is 16.0. The number of fused-ring (bicyclic) bond motifs is 1. The number of anilines is 1. The van der Waals surface area contributed by atoms with Crippen LogP contribution in [0.5, 0.6) is 11.5 Å². The van der Waals surface area contributed by atoms with Crippen LogP contribution in [0.15, 0.2) is 59.1 Å². The van der Waals surface area contributed by atoms with Crippen LogP contribution in [0.3, 0.4) is 0 Å². The number of ether oxygens (including phenoxy) is 1. The SMILES string of the molecule is CC(C)Cc1nc(N2CCN(C(=O)C3CC3)CC2)c2c(-c3cccc(Oc4ccccc4)c3)noc2n1. The number of carbonyl (C=O) groups excluding carboxylic acids is 1. The van der Waals surface area contributed by atoms with Gasteiger partial charge in [-0.25, -0.2) is 4.98 Å². The standard InChI is InChI=1S/C29H31N5O3/c1-19(2)17-24-30-27(33-13-15-34(16-14-33)29(35)20-11-12-20)25-26(32-37-28(25)31-24)21-7-6-10-23(18-21)36-22-8-4-3-5-9-22/h3-10,18-20H,11-17H2,1-2H3. The van der Waals surface area contributed by atoms with Crippen molar-refractivity contribution < 1.29 is 14.1 Å². The highest BCUT2D eigenvalue weighted by atomic mass is 16.5. The van der Waals surface area contributed by atoms with Crippen molar-refractivity contribution in [3.05, 3.63) is 60.4 Å². The molecule has 0 spiro atoms. The lowest BCUT2D eigenvalue weighted by Gasteiger charge is -2.35. The van der Waals surface area contributed by atoms with Gasteiger partial charge in [0.2, 0.25) is 5.91 Å². The number of benzene rings is 2. The largest absolute Gasteiger partial charge is 0.457 e. The Hall–Kier alpha value is -3.94. The second-order valence-corrected chi connectivity index (χ2v) is 10.3. The smallest absolute Gasteiger partial charge is 0.263 e. The summed E-state index contributed by atoms with van der Waals surface area (Å²) in [6, 6.07) is 17.5. The molecule has 0 radical (unpaired) electrons. The molecule has 37 heavy (non-hydrogen) atoms. The van der Waals surface area contributed by atoms with Crippen LogP contribution in [0.1, 0.15) is 32.5 Å². The van der Waals surface area contributed by atoms with Crippen molar-refractivity contribution in [1.29, 1.82) is 0 Å². The second-order valence-electron chi connectivity index (χ2n) is 10.3. The Labute approximate surface area is 216 Å². The highest BCUT2D eigenvalue weighted by Crippen LogP contribution is 2.37. The number of hydrogen-bond donors (Lipinski definition) is 0. The van der Waals surface area contributed by atoms with Gasteiger partial charge < -0.3 is 19.1 Å². The van der Waals surface area contributed by atoms with Crippen LogP contribution in [0.25, 0.3) is 22.4 Å². The summed E-state index contributed by atoms with van der Waals surface area (Å²) < 4.78 is 11.8. The maximum absolute atomic E-state index is 12.6. The molecular weight excluding hydrogens is 466 g/mol. The molecule has 6 rings (SSSR count). The van der Waals surface area contributed by atoms with E-state index in [1.54, 1.807) is 0 Å². The van der Waals surface area contributed by atoms with Crippen LogP contribution in [0.4, 0.5) is 5.82 Å². The van der Waals surface area contributed by atoms with Crippen molar-refractivity contribution in [2.75, 3.05) is 31.1 Å². The van der Waals surface area contributed by atoms with Gasteiger partial charge in [0.05, 0.1) is 0 Å². The van der Waals surface area contributed by atoms with Crippen molar-refractivity contribution in [1.82, 2.24) is 20.0 Å². The Balaban J connectivity index is 1.35. The lowest BCUT2D eigenvalue weighted by atomic mass is 10.1. The summed E-state index contributed by atoms with van der Waals surface area (Å²) in [6.45, 7) is 7.13. The van der Waals surface area contributed by atoms with E-state index >= 15 is 0 Å². The van der Waals surface area contributed by atoms with Gasteiger partial charge in [0.1, 0.15) is 34.2 Å². The summed E-state index contributed by atoms with van der Waals surface area (Å²) in [7, 11) is 0. The van der Waals surface area contributed by atoms with Gasteiger partial charge in [-0.15, -0.1) is 0 Å². The first-order valence-corrected chi connectivity index (χ1v) is 13.1. The van der Waals surface area contributed by atoms with E-state index in [4.69, 9.17) is 19.2 Å². The topological polar surface area (TPSA) is 84.6 Å². The number of piperazine rings is 1. The number of rotatable bonds is 7. The molecule has 1 amide bonds. The number of amides is 1. The van der Waals surface area contributed by atoms with Crippen molar-refractivity contribution in [2.45, 2.75) is 33.1 Å². The van der Waals surface area contributed by atoms with E-state index in [9.17, 15) is 4.79 Å². The number of carbonyl (C=O) groups is 1. The Bertz CT molecular complexity index is 1410. The molecule has 0 unspecified atom stereocenters. The maximum atomic E-state index is 12.6. The van der Waals surface area contributed by atoms with Crippen LogP contribution >= 0.6 is 0 Å². The molecular formula is C29H31N5O3. The van der Waals surface area contributed by atoms with Crippen LogP contribution in [0.2, 0.25) is 0 Å². The highest BCUT2D eigenvalue weighted by molar-refractivity contribution is 5.98. The van der Waals surface area contributed by atoms with E-state index in [0.29, 0.717) is 55.2 Å². The minimum Gasteiger partial charge on any atom is -0.457 e. The Kier molecular flexibility index (Phi) is 6.24. The van der Waals surface area contributed by atoms with Crippen molar-refractivity contribution in [3.8, 4) is 22.8 Å². The Morgan fingerprint density at radius 3 is 2.49 bits per heavy atom. The van der Waals surface area contributed by atoms with E-state index in [1.807, 2.05) is 59.5 Å². The predicted octanol–water partition coefficient (Wildman–Crippen LogP) is 5.33. The highest BCUT2D eigenvalue weighted by Gasteiger charge is 2.35. The van der Waals surface area contributed by atoms with Crippen LogP contribution in [-0.4, -0.2) is 52.1 Å². The zero-order chi connectivity index (χ0) is 25.4. The zero-order valence-corrected chi connectivity index (χ0v) is 21.3. The lowest BCUT2D eigenvalue weighted by molar-refractivity contribution is -0.132. The van der Waals surface area contributed by atoms with Crippen molar-refractivity contribution in [2.24, 2.45) is 11.8 Å². The fourth-order valence-corrected chi connectivity index (χ4v) is 4.82. The van der Waals surface area contributed by atoms with E-state index in [2.05, 4.69) is 23.9 Å². The van der Waals surface area contributed by atoms with E-state index in [1.165, 1.54) is 0 Å². The summed E-state index contributed by atoms with van der Waals surface area (Å²) in [5, 5.41) is 5.24. The van der Waals surface area contributed by atoms with Gasteiger partial charge in [-0.05, 0) is 43.0 Å². The molecule has 0 bridgehead atoms. The second kappa shape index (κ2) is 9.84. The molecule has 2 aliphatic rings. The molecule has 3 heterocycles. The van der Waals surface area contributed by atoms with E-state index < -0.39 is 0 Å². The average molecular weight is 498 g/mol. The summed E-state index contributed by atoms with van der Waals surface area (Å²) >= 11 is 0. The minimum absolute atomic E-state index is 0.241. The summed E-state index contributed by atoms with van der Waals surface area (Å²) in [4.78, 5) is 26.6. The third-order valence-electron chi connectivity index (χ3n) is 6.86. The van der Waals surface area contributed by atoms with Crippen molar-refractivity contribution >= 4 is 22.8 Å².